The molecule has 3 heteroatoms. The standard InChI is InChI=1S/C12H16ClNO/c13-10-6-4-9(5-7-10)12(15)8-2-1-3-11(12)14/h4-7,11,15H,1-3,8,14H2. The quantitative estimate of drug-likeness (QED) is 0.771. The topological polar surface area (TPSA) is 46.2 Å². The third-order valence-corrected chi connectivity index (χ3v) is 3.53. The summed E-state index contributed by atoms with van der Waals surface area (Å²) in [6.45, 7) is 0. The van der Waals surface area contributed by atoms with E-state index in [1.165, 1.54) is 0 Å². The van der Waals surface area contributed by atoms with Gasteiger partial charge in [0.25, 0.3) is 0 Å². The second-order valence-electron chi connectivity index (χ2n) is 4.28. The van der Waals surface area contributed by atoms with E-state index >= 15 is 0 Å². The molecule has 1 saturated carbocycles. The molecule has 0 spiro atoms. The van der Waals surface area contributed by atoms with Gasteiger partial charge < -0.3 is 10.8 Å². The van der Waals surface area contributed by atoms with Gasteiger partial charge in [0.05, 0.1) is 0 Å². The Morgan fingerprint density at radius 1 is 1.27 bits per heavy atom. The van der Waals surface area contributed by atoms with E-state index in [1.54, 1.807) is 12.1 Å². The maximum Gasteiger partial charge on any atom is 0.105 e. The summed E-state index contributed by atoms with van der Waals surface area (Å²) in [5.74, 6) is 0. The molecule has 0 aromatic heterocycles. The van der Waals surface area contributed by atoms with Gasteiger partial charge in [-0.25, -0.2) is 0 Å². The first-order chi connectivity index (χ1) is 7.13. The molecule has 2 rings (SSSR count). The summed E-state index contributed by atoms with van der Waals surface area (Å²) < 4.78 is 0. The highest BCUT2D eigenvalue weighted by molar-refractivity contribution is 6.30. The molecular weight excluding hydrogens is 210 g/mol. The van der Waals surface area contributed by atoms with Crippen LogP contribution in [0.1, 0.15) is 31.2 Å². The van der Waals surface area contributed by atoms with E-state index in [1.807, 2.05) is 12.1 Å². The van der Waals surface area contributed by atoms with Crippen molar-refractivity contribution in [2.24, 2.45) is 5.73 Å². The molecule has 2 atom stereocenters. The van der Waals surface area contributed by atoms with E-state index in [-0.39, 0.29) is 6.04 Å². The Bertz CT molecular complexity index is 338. The summed E-state index contributed by atoms with van der Waals surface area (Å²) in [6.07, 6.45) is 3.78. The van der Waals surface area contributed by atoms with Crippen molar-refractivity contribution in [1.82, 2.24) is 0 Å². The fourth-order valence-corrected chi connectivity index (χ4v) is 2.41. The fraction of sp³-hybridized carbons (Fsp3) is 0.500. The van der Waals surface area contributed by atoms with Crippen LogP contribution in [-0.2, 0) is 5.60 Å². The fourth-order valence-electron chi connectivity index (χ4n) is 2.28. The van der Waals surface area contributed by atoms with Crippen LogP contribution in [0.25, 0.3) is 0 Å². The van der Waals surface area contributed by atoms with Crippen LogP contribution in [-0.4, -0.2) is 11.1 Å². The zero-order chi connectivity index (χ0) is 10.9. The first-order valence-corrected chi connectivity index (χ1v) is 5.75. The van der Waals surface area contributed by atoms with Gasteiger partial charge >= 0.3 is 0 Å². The SMILES string of the molecule is NC1CCCCC1(O)c1ccc(Cl)cc1. The average Bonchev–Trinajstić information content (AvgIpc) is 2.23. The van der Waals surface area contributed by atoms with Crippen LogP contribution in [0, 0.1) is 0 Å². The van der Waals surface area contributed by atoms with Gasteiger partial charge in [0.15, 0.2) is 0 Å². The second-order valence-corrected chi connectivity index (χ2v) is 4.72. The van der Waals surface area contributed by atoms with Crippen LogP contribution in [0.4, 0.5) is 0 Å². The molecule has 0 amide bonds. The van der Waals surface area contributed by atoms with E-state index in [4.69, 9.17) is 17.3 Å². The van der Waals surface area contributed by atoms with Gasteiger partial charge in [0.2, 0.25) is 0 Å². The smallest absolute Gasteiger partial charge is 0.105 e. The minimum absolute atomic E-state index is 0.160. The highest BCUT2D eigenvalue weighted by Gasteiger charge is 2.37. The van der Waals surface area contributed by atoms with Crippen molar-refractivity contribution in [3.63, 3.8) is 0 Å². The minimum atomic E-state index is -0.858. The molecule has 0 radical (unpaired) electrons. The lowest BCUT2D eigenvalue weighted by atomic mass is 9.76. The van der Waals surface area contributed by atoms with Gasteiger partial charge in [-0.3, -0.25) is 0 Å². The molecule has 0 saturated heterocycles. The minimum Gasteiger partial charge on any atom is -0.384 e. The summed E-state index contributed by atoms with van der Waals surface area (Å²) in [5.41, 5.74) is 6.03. The summed E-state index contributed by atoms with van der Waals surface area (Å²) in [5, 5.41) is 11.2. The molecule has 1 aromatic rings. The van der Waals surface area contributed by atoms with Gasteiger partial charge in [-0.05, 0) is 30.5 Å². The Labute approximate surface area is 95.1 Å². The lowest BCUT2D eigenvalue weighted by Gasteiger charge is -2.38. The number of rotatable bonds is 1. The number of nitrogens with two attached hydrogens (primary N) is 1. The first-order valence-electron chi connectivity index (χ1n) is 5.37. The van der Waals surface area contributed by atoms with Gasteiger partial charge in [0, 0.05) is 11.1 Å². The molecular formula is C12H16ClNO. The predicted octanol–water partition coefficient (Wildman–Crippen LogP) is 2.43. The molecule has 1 fully saturated rings. The Morgan fingerprint density at radius 2 is 1.93 bits per heavy atom. The van der Waals surface area contributed by atoms with Crippen LogP contribution in [0.3, 0.4) is 0 Å². The Balaban J connectivity index is 2.30. The summed E-state index contributed by atoms with van der Waals surface area (Å²) in [7, 11) is 0. The first kappa shape index (κ1) is 10.9. The summed E-state index contributed by atoms with van der Waals surface area (Å²) >= 11 is 5.82. The molecule has 0 heterocycles. The molecule has 1 aromatic carbocycles. The lowest BCUT2D eigenvalue weighted by molar-refractivity contribution is -0.0193. The number of benzene rings is 1. The predicted molar refractivity (Wildman–Crippen MR) is 61.8 cm³/mol. The van der Waals surface area contributed by atoms with Crippen molar-refractivity contribution in [3.05, 3.63) is 34.9 Å². The molecule has 1 aliphatic carbocycles. The van der Waals surface area contributed by atoms with E-state index in [0.717, 1.165) is 31.2 Å². The maximum absolute atomic E-state index is 10.5. The Hall–Kier alpha value is -0.570. The number of hydrogen-bond donors (Lipinski definition) is 2. The molecule has 2 unspecified atom stereocenters. The highest BCUT2D eigenvalue weighted by Crippen LogP contribution is 2.36. The summed E-state index contributed by atoms with van der Waals surface area (Å²) in [6, 6.07) is 7.18. The third-order valence-electron chi connectivity index (χ3n) is 3.28. The zero-order valence-electron chi connectivity index (χ0n) is 8.62. The number of halogens is 1. The van der Waals surface area contributed by atoms with Gasteiger partial charge in [0.1, 0.15) is 5.60 Å². The largest absolute Gasteiger partial charge is 0.384 e. The van der Waals surface area contributed by atoms with Crippen LogP contribution in [0.15, 0.2) is 24.3 Å². The highest BCUT2D eigenvalue weighted by atomic mass is 35.5. The van der Waals surface area contributed by atoms with E-state index in [0.29, 0.717) is 5.02 Å². The molecule has 0 aliphatic heterocycles. The van der Waals surface area contributed by atoms with Crippen molar-refractivity contribution < 1.29 is 5.11 Å². The van der Waals surface area contributed by atoms with Crippen molar-refractivity contribution in [3.8, 4) is 0 Å². The Kier molecular flexibility index (Phi) is 3.01. The maximum atomic E-state index is 10.5. The second kappa shape index (κ2) is 4.12. The molecule has 15 heavy (non-hydrogen) atoms. The lowest BCUT2D eigenvalue weighted by Crippen LogP contribution is -2.47. The molecule has 0 bridgehead atoms. The van der Waals surface area contributed by atoms with Gasteiger partial charge in [-0.2, -0.15) is 0 Å². The van der Waals surface area contributed by atoms with Crippen molar-refractivity contribution in [2.75, 3.05) is 0 Å². The Morgan fingerprint density at radius 3 is 2.53 bits per heavy atom. The molecule has 3 N–H and O–H groups in total. The van der Waals surface area contributed by atoms with E-state index in [9.17, 15) is 5.11 Å². The summed E-state index contributed by atoms with van der Waals surface area (Å²) in [4.78, 5) is 0. The van der Waals surface area contributed by atoms with E-state index < -0.39 is 5.60 Å². The van der Waals surface area contributed by atoms with Crippen LogP contribution < -0.4 is 5.73 Å². The molecule has 2 nitrogen and oxygen atoms in total. The third kappa shape index (κ3) is 2.03. The zero-order valence-corrected chi connectivity index (χ0v) is 9.37. The molecule has 82 valence electrons. The van der Waals surface area contributed by atoms with Crippen LogP contribution >= 0.6 is 11.6 Å². The van der Waals surface area contributed by atoms with Crippen LogP contribution in [0.5, 0.6) is 0 Å². The van der Waals surface area contributed by atoms with Gasteiger partial charge in [-0.15, -0.1) is 0 Å². The number of aliphatic hydroxyl groups is 1. The number of hydrogen-bond acceptors (Lipinski definition) is 2. The molecule has 1 aliphatic rings. The van der Waals surface area contributed by atoms with Gasteiger partial charge in [-0.1, -0.05) is 36.6 Å². The monoisotopic (exact) mass is 225 g/mol. The van der Waals surface area contributed by atoms with Crippen molar-refractivity contribution in [2.45, 2.75) is 37.3 Å². The van der Waals surface area contributed by atoms with E-state index in [2.05, 4.69) is 0 Å². The normalized spacial score (nSPS) is 31.5. The van der Waals surface area contributed by atoms with Crippen molar-refractivity contribution in [1.29, 1.82) is 0 Å². The average molecular weight is 226 g/mol. The van der Waals surface area contributed by atoms with Crippen molar-refractivity contribution >= 4 is 11.6 Å². The van der Waals surface area contributed by atoms with Crippen LogP contribution in [0.2, 0.25) is 5.02 Å².